The second-order valence-corrected chi connectivity index (χ2v) is 27.3. The standard InChI is InChI=1S/C77H70BN3O3/c1-74(2,3)50-23-30-54(31-24-50)80-64-37-27-52(76(7,8)9)42-62(64)78-63-45-70-71(83-39-38-82-70)46-65(63)81(55-32-25-51(26-33-55)75(4,5)6)67-44-57(43-66(80)73(67)78)79(53-28-20-47(21-29-53)69-41-49-16-12-15-19-68(49)84-69)56-34-35-58-48(40-56)22-36-61-72(58)59-17-13-14-18-60(59)77(61,10)11/h12-37,40-46H,38-39H2,1-11H3. The number of hydrogen-bond acceptors (Lipinski definition) is 6. The van der Waals surface area contributed by atoms with Gasteiger partial charge in [0.1, 0.15) is 24.6 Å². The van der Waals surface area contributed by atoms with Crippen molar-refractivity contribution in [3.8, 4) is 33.9 Å². The van der Waals surface area contributed by atoms with Crippen LogP contribution in [0.15, 0.2) is 205 Å². The second kappa shape index (κ2) is 18.5. The fourth-order valence-electron chi connectivity index (χ4n) is 13.9. The number of hydrogen-bond donors (Lipinski definition) is 0. The smallest absolute Gasteiger partial charge is 0.252 e. The van der Waals surface area contributed by atoms with Gasteiger partial charge >= 0.3 is 0 Å². The Hall–Kier alpha value is -8.94. The zero-order valence-corrected chi connectivity index (χ0v) is 50.1. The van der Waals surface area contributed by atoms with Gasteiger partial charge in [-0.15, -0.1) is 0 Å². The second-order valence-electron chi connectivity index (χ2n) is 27.3. The summed E-state index contributed by atoms with van der Waals surface area (Å²) in [7, 11) is 0. The molecule has 1 aliphatic carbocycles. The van der Waals surface area contributed by atoms with Gasteiger partial charge in [-0.3, -0.25) is 0 Å². The Kier molecular flexibility index (Phi) is 11.5. The maximum Gasteiger partial charge on any atom is 0.252 e. The van der Waals surface area contributed by atoms with Gasteiger partial charge in [-0.2, -0.15) is 0 Å². The summed E-state index contributed by atoms with van der Waals surface area (Å²) in [5, 5.41) is 3.53. The molecule has 11 aromatic rings. The third kappa shape index (κ3) is 8.20. The third-order valence-electron chi connectivity index (χ3n) is 18.5. The van der Waals surface area contributed by atoms with Crippen LogP contribution in [0.25, 0.3) is 44.2 Å². The quantitative estimate of drug-likeness (QED) is 0.155. The predicted molar refractivity (Wildman–Crippen MR) is 353 cm³/mol. The van der Waals surface area contributed by atoms with Crippen LogP contribution < -0.4 is 40.6 Å². The molecule has 0 bridgehead atoms. The Labute approximate surface area is 495 Å². The Morgan fingerprint density at radius 3 is 1.69 bits per heavy atom. The van der Waals surface area contributed by atoms with Gasteiger partial charge in [0.2, 0.25) is 0 Å². The van der Waals surface area contributed by atoms with E-state index in [4.69, 9.17) is 13.9 Å². The van der Waals surface area contributed by atoms with E-state index in [0.29, 0.717) is 13.2 Å². The molecule has 6 nitrogen and oxygen atoms in total. The van der Waals surface area contributed by atoms with Crippen molar-refractivity contribution < 1.29 is 13.9 Å². The Morgan fingerprint density at radius 2 is 1.04 bits per heavy atom. The first-order chi connectivity index (χ1) is 40.3. The minimum Gasteiger partial charge on any atom is -0.486 e. The lowest BCUT2D eigenvalue weighted by Crippen LogP contribution is -2.61. The van der Waals surface area contributed by atoms with Crippen LogP contribution in [0.2, 0.25) is 0 Å². The lowest BCUT2D eigenvalue weighted by Gasteiger charge is -2.45. The average Bonchev–Trinajstić information content (AvgIpc) is 1.04. The lowest BCUT2D eigenvalue weighted by molar-refractivity contribution is 0.172. The van der Waals surface area contributed by atoms with Crippen LogP contribution in [0.3, 0.4) is 0 Å². The van der Waals surface area contributed by atoms with E-state index in [2.05, 4.69) is 279 Å². The summed E-state index contributed by atoms with van der Waals surface area (Å²) >= 11 is 0. The van der Waals surface area contributed by atoms with Crippen LogP contribution in [-0.4, -0.2) is 19.9 Å². The molecule has 0 saturated carbocycles. The molecule has 0 fully saturated rings. The molecule has 0 N–H and O–H groups in total. The Balaban J connectivity index is 1.03. The molecule has 4 aliphatic rings. The fraction of sp³-hybridized carbons (Fsp3) is 0.221. The van der Waals surface area contributed by atoms with E-state index in [0.717, 1.165) is 85.0 Å². The molecule has 4 heterocycles. The number of rotatable bonds is 6. The van der Waals surface area contributed by atoms with Gasteiger partial charge in [-0.25, -0.2) is 0 Å². The highest BCUT2D eigenvalue weighted by atomic mass is 16.6. The fourth-order valence-corrected chi connectivity index (χ4v) is 13.9. The maximum absolute atomic E-state index is 6.53. The van der Waals surface area contributed by atoms with Crippen molar-refractivity contribution in [2.45, 2.75) is 97.8 Å². The van der Waals surface area contributed by atoms with E-state index >= 15 is 0 Å². The molecular weight excluding hydrogens is 1030 g/mol. The molecule has 0 spiro atoms. The summed E-state index contributed by atoms with van der Waals surface area (Å²) in [5.74, 6) is 2.38. The van der Waals surface area contributed by atoms with Gasteiger partial charge < -0.3 is 28.6 Å². The normalized spacial score (nSPS) is 14.7. The number of fused-ring (bicyclic) bond motifs is 11. The van der Waals surface area contributed by atoms with Crippen molar-refractivity contribution in [2.75, 3.05) is 27.9 Å². The van der Waals surface area contributed by atoms with Crippen molar-refractivity contribution in [1.82, 2.24) is 0 Å². The molecule has 0 unspecified atom stereocenters. The Bertz CT molecular complexity index is 4440. The zero-order chi connectivity index (χ0) is 57.8. The number of ether oxygens (including phenoxy) is 2. The van der Waals surface area contributed by atoms with E-state index in [9.17, 15) is 0 Å². The van der Waals surface area contributed by atoms with E-state index in [1.54, 1.807) is 0 Å². The van der Waals surface area contributed by atoms with Crippen LogP contribution in [0, 0.1) is 0 Å². The molecule has 1 aromatic heterocycles. The van der Waals surface area contributed by atoms with E-state index < -0.39 is 0 Å². The summed E-state index contributed by atoms with van der Waals surface area (Å²) in [6, 6.07) is 75.4. The molecule has 7 heteroatoms. The first-order valence-corrected chi connectivity index (χ1v) is 29.9. The van der Waals surface area contributed by atoms with Crippen LogP contribution in [0.4, 0.5) is 51.2 Å². The van der Waals surface area contributed by atoms with Crippen LogP contribution in [0.1, 0.15) is 104 Å². The highest BCUT2D eigenvalue weighted by Gasteiger charge is 2.46. The molecule has 0 radical (unpaired) electrons. The molecule has 15 rings (SSSR count). The van der Waals surface area contributed by atoms with Crippen molar-refractivity contribution in [3.63, 3.8) is 0 Å². The maximum atomic E-state index is 6.53. The van der Waals surface area contributed by atoms with Crippen LogP contribution >= 0.6 is 0 Å². The molecule has 0 saturated heterocycles. The lowest BCUT2D eigenvalue weighted by atomic mass is 9.33. The summed E-state index contributed by atoms with van der Waals surface area (Å²) in [6.45, 7) is 26.3. The number of para-hydroxylation sites is 1. The first-order valence-electron chi connectivity index (χ1n) is 29.9. The van der Waals surface area contributed by atoms with E-state index in [1.165, 1.54) is 66.1 Å². The highest BCUT2D eigenvalue weighted by Crippen LogP contribution is 2.54. The minimum absolute atomic E-state index is 0.0260. The first kappa shape index (κ1) is 51.9. The summed E-state index contributed by atoms with van der Waals surface area (Å²) in [5.41, 5.74) is 24.2. The Morgan fingerprint density at radius 1 is 0.452 bits per heavy atom. The van der Waals surface area contributed by atoms with Crippen LogP contribution in [0.5, 0.6) is 11.5 Å². The molecule has 10 aromatic carbocycles. The molecule has 3 aliphatic heterocycles. The highest BCUT2D eigenvalue weighted by molar-refractivity contribution is 7.00. The molecular formula is C77H70BN3O3. The van der Waals surface area contributed by atoms with Gasteiger partial charge in [0, 0.05) is 67.9 Å². The summed E-state index contributed by atoms with van der Waals surface area (Å²) in [6.07, 6.45) is 0. The summed E-state index contributed by atoms with van der Waals surface area (Å²) < 4.78 is 19.5. The topological polar surface area (TPSA) is 41.3 Å². The third-order valence-corrected chi connectivity index (χ3v) is 18.5. The predicted octanol–water partition coefficient (Wildman–Crippen LogP) is 18.8. The van der Waals surface area contributed by atoms with Gasteiger partial charge in [0.15, 0.2) is 11.5 Å². The van der Waals surface area contributed by atoms with Gasteiger partial charge in [0.05, 0.1) is 5.69 Å². The minimum atomic E-state index is -0.159. The molecule has 0 atom stereocenters. The number of benzene rings is 10. The molecule has 0 amide bonds. The number of nitrogens with zero attached hydrogens (tertiary/aromatic N) is 3. The van der Waals surface area contributed by atoms with E-state index in [-0.39, 0.29) is 28.4 Å². The average molecular weight is 1100 g/mol. The van der Waals surface area contributed by atoms with Gasteiger partial charge in [-0.05, 0) is 179 Å². The van der Waals surface area contributed by atoms with Gasteiger partial charge in [-0.1, -0.05) is 173 Å². The zero-order valence-electron chi connectivity index (χ0n) is 50.1. The van der Waals surface area contributed by atoms with E-state index in [1.807, 2.05) is 12.1 Å². The largest absolute Gasteiger partial charge is 0.486 e. The number of anilines is 9. The van der Waals surface area contributed by atoms with Gasteiger partial charge in [0.25, 0.3) is 6.71 Å². The molecule has 84 heavy (non-hydrogen) atoms. The van der Waals surface area contributed by atoms with Crippen molar-refractivity contribution in [2.24, 2.45) is 0 Å². The van der Waals surface area contributed by atoms with Crippen LogP contribution in [-0.2, 0) is 21.7 Å². The SMILES string of the molecule is CC(C)(C)c1ccc(N2c3ccc(C(C)(C)C)cc3B3c4cc5c(cc4N(c4ccc(C(C)(C)C)cc4)c4cc(N(c6ccc(-c7cc8ccccc8o7)cc6)c6ccc7c8c(ccc7c6)C(C)(C)c6ccccc6-8)cc2c43)OCCO5)cc1. The van der Waals surface area contributed by atoms with Crippen molar-refractivity contribution in [3.05, 3.63) is 228 Å². The monoisotopic (exact) mass is 1100 g/mol. The summed E-state index contributed by atoms with van der Waals surface area (Å²) in [4.78, 5) is 7.52. The van der Waals surface area contributed by atoms with Crippen molar-refractivity contribution >= 4 is 96.0 Å². The molecule has 414 valence electrons. The number of furan rings is 1. The van der Waals surface area contributed by atoms with Crippen molar-refractivity contribution in [1.29, 1.82) is 0 Å².